The Morgan fingerprint density at radius 2 is 1.93 bits per heavy atom. The van der Waals surface area contributed by atoms with E-state index in [4.69, 9.17) is 16.3 Å². The number of nitrogens with zero attached hydrogens (tertiary/aromatic N) is 2. The molecule has 0 fully saturated rings. The van der Waals surface area contributed by atoms with Crippen LogP contribution in [-0.2, 0) is 6.61 Å². The maximum Gasteiger partial charge on any atom is 0.132 e. The van der Waals surface area contributed by atoms with E-state index in [1.54, 1.807) is 6.07 Å². The molecule has 3 nitrogen and oxygen atoms in total. The third-order valence-electron chi connectivity index (χ3n) is 1.82. The second kappa shape index (κ2) is 4.75. The third kappa shape index (κ3) is 2.92. The minimum atomic E-state index is 0.395. The van der Waals surface area contributed by atoms with Crippen LogP contribution in [0.2, 0.25) is 5.15 Å². The number of hydrogen-bond acceptors (Lipinski definition) is 3. The second-order valence-corrected chi connectivity index (χ2v) is 3.32. The molecule has 2 aromatic rings. The van der Waals surface area contributed by atoms with E-state index in [-0.39, 0.29) is 0 Å². The number of para-hydroxylation sites is 1. The first-order chi connectivity index (χ1) is 7.34. The molecule has 1 aromatic heterocycles. The zero-order chi connectivity index (χ0) is 10.5. The summed E-state index contributed by atoms with van der Waals surface area (Å²) in [5.41, 5.74) is 0.763. The molecule has 0 aliphatic heterocycles. The van der Waals surface area contributed by atoms with Gasteiger partial charge < -0.3 is 4.74 Å². The first-order valence-corrected chi connectivity index (χ1v) is 4.86. The first-order valence-electron chi connectivity index (χ1n) is 4.49. The molecule has 2 rings (SSSR count). The highest BCUT2D eigenvalue weighted by Crippen LogP contribution is 2.11. The van der Waals surface area contributed by atoms with E-state index in [1.165, 1.54) is 6.33 Å². The summed E-state index contributed by atoms with van der Waals surface area (Å²) in [6.07, 6.45) is 1.42. The molecule has 1 heterocycles. The van der Waals surface area contributed by atoms with Gasteiger partial charge in [0.2, 0.25) is 0 Å². The number of halogens is 1. The van der Waals surface area contributed by atoms with Crippen molar-refractivity contribution in [1.82, 2.24) is 9.97 Å². The Labute approximate surface area is 92.7 Å². The minimum absolute atomic E-state index is 0.395. The van der Waals surface area contributed by atoms with Crippen molar-refractivity contribution in [3.63, 3.8) is 0 Å². The lowest BCUT2D eigenvalue weighted by atomic mass is 10.3. The topological polar surface area (TPSA) is 35.0 Å². The van der Waals surface area contributed by atoms with Crippen molar-refractivity contribution in [2.75, 3.05) is 0 Å². The normalized spacial score (nSPS) is 9.93. The zero-order valence-corrected chi connectivity index (χ0v) is 8.69. The molecule has 0 aliphatic rings. The van der Waals surface area contributed by atoms with Crippen LogP contribution < -0.4 is 4.74 Å². The van der Waals surface area contributed by atoms with Crippen molar-refractivity contribution >= 4 is 11.6 Å². The maximum absolute atomic E-state index is 5.72. The van der Waals surface area contributed by atoms with Crippen molar-refractivity contribution in [2.45, 2.75) is 6.61 Å². The van der Waals surface area contributed by atoms with E-state index < -0.39 is 0 Å². The monoisotopic (exact) mass is 220 g/mol. The Morgan fingerprint density at radius 3 is 2.67 bits per heavy atom. The largest absolute Gasteiger partial charge is 0.487 e. The molecule has 0 N–H and O–H groups in total. The summed E-state index contributed by atoms with van der Waals surface area (Å²) in [6.45, 7) is 0.395. The average Bonchev–Trinajstić information content (AvgIpc) is 2.28. The van der Waals surface area contributed by atoms with Gasteiger partial charge in [-0.2, -0.15) is 0 Å². The van der Waals surface area contributed by atoms with Crippen molar-refractivity contribution < 1.29 is 4.74 Å². The lowest BCUT2D eigenvalue weighted by Crippen LogP contribution is -1.98. The molecule has 15 heavy (non-hydrogen) atoms. The van der Waals surface area contributed by atoms with Crippen LogP contribution in [0.1, 0.15) is 5.69 Å². The van der Waals surface area contributed by atoms with E-state index in [2.05, 4.69) is 9.97 Å². The molecule has 0 spiro atoms. The molecular formula is C11H9ClN2O. The Kier molecular flexibility index (Phi) is 3.15. The van der Waals surface area contributed by atoms with E-state index in [0.29, 0.717) is 11.8 Å². The van der Waals surface area contributed by atoms with Gasteiger partial charge >= 0.3 is 0 Å². The number of aromatic nitrogens is 2. The smallest absolute Gasteiger partial charge is 0.132 e. The van der Waals surface area contributed by atoms with Gasteiger partial charge in [0, 0.05) is 6.07 Å². The van der Waals surface area contributed by atoms with Gasteiger partial charge in [-0.15, -0.1) is 0 Å². The quantitative estimate of drug-likeness (QED) is 0.746. The van der Waals surface area contributed by atoms with Crippen LogP contribution >= 0.6 is 11.6 Å². The Balaban J connectivity index is 1.99. The van der Waals surface area contributed by atoms with Crippen LogP contribution in [0, 0.1) is 0 Å². The molecule has 0 saturated heterocycles. The first kappa shape index (κ1) is 9.93. The molecule has 4 heteroatoms. The summed E-state index contributed by atoms with van der Waals surface area (Å²) in [4.78, 5) is 7.83. The molecule has 1 aromatic carbocycles. The Hall–Kier alpha value is -1.61. The molecule has 0 atom stereocenters. The van der Waals surface area contributed by atoms with Gasteiger partial charge in [-0.1, -0.05) is 29.8 Å². The number of benzene rings is 1. The van der Waals surface area contributed by atoms with E-state index in [1.807, 2.05) is 30.3 Å². The van der Waals surface area contributed by atoms with Crippen molar-refractivity contribution in [3.8, 4) is 5.75 Å². The average molecular weight is 221 g/mol. The summed E-state index contributed by atoms with van der Waals surface area (Å²) in [6, 6.07) is 11.2. The fraction of sp³-hybridized carbons (Fsp3) is 0.0909. The summed E-state index contributed by atoms with van der Waals surface area (Å²) >= 11 is 5.72. The predicted molar refractivity (Wildman–Crippen MR) is 57.8 cm³/mol. The Bertz CT molecular complexity index is 434. The van der Waals surface area contributed by atoms with Gasteiger partial charge in [-0.3, -0.25) is 0 Å². The highest BCUT2D eigenvalue weighted by molar-refractivity contribution is 6.29. The number of hydrogen-bond donors (Lipinski definition) is 0. The van der Waals surface area contributed by atoms with E-state index in [9.17, 15) is 0 Å². The minimum Gasteiger partial charge on any atom is -0.487 e. The van der Waals surface area contributed by atoms with Gasteiger partial charge in [0.1, 0.15) is 23.8 Å². The summed E-state index contributed by atoms with van der Waals surface area (Å²) < 4.78 is 5.50. The Morgan fingerprint density at radius 1 is 1.13 bits per heavy atom. The fourth-order valence-electron chi connectivity index (χ4n) is 1.12. The molecule has 0 aliphatic carbocycles. The summed E-state index contributed by atoms with van der Waals surface area (Å²) in [5, 5.41) is 0.427. The second-order valence-electron chi connectivity index (χ2n) is 2.93. The van der Waals surface area contributed by atoms with Gasteiger partial charge in [-0.25, -0.2) is 9.97 Å². The van der Waals surface area contributed by atoms with E-state index in [0.717, 1.165) is 11.4 Å². The number of ether oxygens (including phenoxy) is 1. The summed E-state index contributed by atoms with van der Waals surface area (Å²) in [5.74, 6) is 0.812. The predicted octanol–water partition coefficient (Wildman–Crippen LogP) is 2.71. The highest BCUT2D eigenvalue weighted by atomic mass is 35.5. The lowest BCUT2D eigenvalue weighted by molar-refractivity contribution is 0.301. The standard InChI is InChI=1S/C11H9ClN2O/c12-11-6-9(13-8-14-11)7-15-10-4-2-1-3-5-10/h1-6,8H,7H2. The van der Waals surface area contributed by atoms with Gasteiger partial charge in [0.15, 0.2) is 0 Å². The summed E-state index contributed by atoms with van der Waals surface area (Å²) in [7, 11) is 0. The van der Waals surface area contributed by atoms with Crippen LogP contribution in [-0.4, -0.2) is 9.97 Å². The van der Waals surface area contributed by atoms with Gasteiger partial charge in [-0.05, 0) is 12.1 Å². The zero-order valence-electron chi connectivity index (χ0n) is 7.93. The molecule has 0 bridgehead atoms. The van der Waals surface area contributed by atoms with Crippen molar-refractivity contribution in [1.29, 1.82) is 0 Å². The fourth-order valence-corrected chi connectivity index (χ4v) is 1.29. The van der Waals surface area contributed by atoms with Crippen LogP contribution in [0.5, 0.6) is 5.75 Å². The van der Waals surface area contributed by atoms with Gasteiger partial charge in [0.25, 0.3) is 0 Å². The molecular weight excluding hydrogens is 212 g/mol. The molecule has 0 amide bonds. The lowest BCUT2D eigenvalue weighted by Gasteiger charge is -2.04. The van der Waals surface area contributed by atoms with E-state index >= 15 is 0 Å². The molecule has 0 radical (unpaired) electrons. The van der Waals surface area contributed by atoms with Crippen molar-refractivity contribution in [3.05, 3.63) is 53.6 Å². The SMILES string of the molecule is Clc1cc(COc2ccccc2)ncn1. The number of rotatable bonds is 3. The van der Waals surface area contributed by atoms with Crippen LogP contribution in [0.25, 0.3) is 0 Å². The van der Waals surface area contributed by atoms with Crippen LogP contribution in [0.15, 0.2) is 42.7 Å². The molecule has 76 valence electrons. The van der Waals surface area contributed by atoms with Gasteiger partial charge in [0.05, 0.1) is 5.69 Å². The van der Waals surface area contributed by atoms with Crippen LogP contribution in [0.3, 0.4) is 0 Å². The maximum atomic E-state index is 5.72. The highest BCUT2D eigenvalue weighted by Gasteiger charge is 1.97. The van der Waals surface area contributed by atoms with Crippen molar-refractivity contribution in [2.24, 2.45) is 0 Å². The molecule has 0 saturated carbocycles. The third-order valence-corrected chi connectivity index (χ3v) is 2.03. The van der Waals surface area contributed by atoms with Crippen LogP contribution in [0.4, 0.5) is 0 Å². The molecule has 0 unspecified atom stereocenters.